The van der Waals surface area contributed by atoms with Gasteiger partial charge in [-0.2, -0.15) is 5.26 Å². The van der Waals surface area contributed by atoms with Gasteiger partial charge in [-0.3, -0.25) is 0 Å². The number of nitrogens with zero attached hydrogens (tertiary/aromatic N) is 3. The number of nitrogens with two attached hydrogens (primary N) is 1. The van der Waals surface area contributed by atoms with E-state index in [1.165, 1.54) is 6.33 Å². The summed E-state index contributed by atoms with van der Waals surface area (Å²) in [6.07, 6.45) is 1.50. The van der Waals surface area contributed by atoms with E-state index in [0.717, 1.165) is 16.6 Å². The first kappa shape index (κ1) is 11.9. The van der Waals surface area contributed by atoms with Crippen LogP contribution in [0.3, 0.4) is 0 Å². The number of benzene rings is 2. The van der Waals surface area contributed by atoms with Gasteiger partial charge in [-0.15, -0.1) is 0 Å². The number of nitrogens with one attached hydrogen (secondary N) is 1. The number of hydrogen-bond donors (Lipinski definition) is 2. The van der Waals surface area contributed by atoms with Gasteiger partial charge in [-0.05, 0) is 42.5 Å². The number of hydrogen-bond acceptors (Lipinski definition) is 5. The second-order valence-corrected chi connectivity index (χ2v) is 4.31. The summed E-state index contributed by atoms with van der Waals surface area (Å²) < 4.78 is 0. The van der Waals surface area contributed by atoms with Crippen LogP contribution in [0.15, 0.2) is 48.8 Å². The zero-order valence-corrected chi connectivity index (χ0v) is 10.5. The number of nitriles is 1. The minimum Gasteiger partial charge on any atom is -0.399 e. The first-order valence-corrected chi connectivity index (χ1v) is 6.04. The van der Waals surface area contributed by atoms with Gasteiger partial charge in [0.15, 0.2) is 0 Å². The average molecular weight is 261 g/mol. The Labute approximate surface area is 115 Å². The lowest BCUT2D eigenvalue weighted by molar-refractivity contribution is 1.22. The highest BCUT2D eigenvalue weighted by atomic mass is 15.0. The lowest BCUT2D eigenvalue weighted by atomic mass is 10.2. The molecule has 0 aliphatic carbocycles. The zero-order chi connectivity index (χ0) is 13.9. The molecule has 0 saturated heterocycles. The number of anilines is 3. The lowest BCUT2D eigenvalue weighted by Crippen LogP contribution is -1.96. The maximum atomic E-state index is 8.79. The summed E-state index contributed by atoms with van der Waals surface area (Å²) in [4.78, 5) is 8.45. The molecular formula is C15H11N5. The van der Waals surface area contributed by atoms with Crippen molar-refractivity contribution in [3.63, 3.8) is 0 Å². The largest absolute Gasteiger partial charge is 0.399 e. The SMILES string of the molecule is N#Cc1ccc(Nc2ncnc3ccc(N)cc23)cc1. The fourth-order valence-electron chi connectivity index (χ4n) is 1.94. The van der Waals surface area contributed by atoms with E-state index < -0.39 is 0 Å². The maximum absolute atomic E-state index is 8.79. The Morgan fingerprint density at radius 3 is 2.60 bits per heavy atom. The Hall–Kier alpha value is -3.13. The minimum absolute atomic E-state index is 0.618. The van der Waals surface area contributed by atoms with Crippen LogP contribution in [0.25, 0.3) is 10.9 Å². The molecule has 3 aromatic rings. The van der Waals surface area contributed by atoms with Gasteiger partial charge in [0.25, 0.3) is 0 Å². The van der Waals surface area contributed by atoms with Crippen LogP contribution in [0.2, 0.25) is 0 Å². The van der Waals surface area contributed by atoms with E-state index in [4.69, 9.17) is 11.0 Å². The van der Waals surface area contributed by atoms with Crippen LogP contribution < -0.4 is 11.1 Å². The Balaban J connectivity index is 2.01. The second kappa shape index (κ2) is 4.86. The molecule has 3 rings (SSSR count). The summed E-state index contributed by atoms with van der Waals surface area (Å²) in [5.41, 5.74) is 8.76. The molecule has 0 bridgehead atoms. The molecule has 0 saturated carbocycles. The molecule has 0 atom stereocenters. The Kier molecular flexibility index (Phi) is 2.90. The smallest absolute Gasteiger partial charge is 0.141 e. The Morgan fingerprint density at radius 1 is 1.05 bits per heavy atom. The van der Waals surface area contributed by atoms with Crippen molar-refractivity contribution in [1.82, 2.24) is 9.97 Å². The minimum atomic E-state index is 0.618. The van der Waals surface area contributed by atoms with E-state index >= 15 is 0 Å². The molecule has 1 heterocycles. The predicted octanol–water partition coefficient (Wildman–Crippen LogP) is 2.83. The summed E-state index contributed by atoms with van der Waals surface area (Å²) in [6, 6.07) is 14.7. The molecule has 0 spiro atoms. The molecule has 0 unspecified atom stereocenters. The molecule has 3 N–H and O–H groups in total. The second-order valence-electron chi connectivity index (χ2n) is 4.31. The Morgan fingerprint density at radius 2 is 1.85 bits per heavy atom. The van der Waals surface area contributed by atoms with Gasteiger partial charge in [-0.1, -0.05) is 0 Å². The normalized spacial score (nSPS) is 10.2. The van der Waals surface area contributed by atoms with Crippen LogP contribution in [0.1, 0.15) is 5.56 Å². The lowest BCUT2D eigenvalue weighted by Gasteiger charge is -2.08. The standard InChI is InChI=1S/C15H11N5/c16-8-10-1-4-12(5-2-10)20-15-13-7-11(17)3-6-14(13)18-9-19-15/h1-7,9H,17H2,(H,18,19,20). The molecule has 0 fully saturated rings. The van der Waals surface area contributed by atoms with Crippen molar-refractivity contribution in [2.45, 2.75) is 0 Å². The molecule has 1 aromatic heterocycles. The molecule has 96 valence electrons. The van der Waals surface area contributed by atoms with Crippen LogP contribution >= 0.6 is 0 Å². The van der Waals surface area contributed by atoms with E-state index in [2.05, 4.69) is 21.4 Å². The van der Waals surface area contributed by atoms with Gasteiger partial charge in [-0.25, -0.2) is 9.97 Å². The summed E-state index contributed by atoms with van der Waals surface area (Å²) in [5.74, 6) is 0.687. The van der Waals surface area contributed by atoms with E-state index in [9.17, 15) is 0 Å². The molecule has 2 aromatic carbocycles. The third kappa shape index (κ3) is 2.22. The molecule has 0 aliphatic heterocycles. The van der Waals surface area contributed by atoms with Gasteiger partial charge in [0, 0.05) is 16.8 Å². The zero-order valence-electron chi connectivity index (χ0n) is 10.5. The number of aromatic nitrogens is 2. The highest BCUT2D eigenvalue weighted by Crippen LogP contribution is 2.24. The van der Waals surface area contributed by atoms with Gasteiger partial charge in [0.05, 0.1) is 17.1 Å². The predicted molar refractivity (Wildman–Crippen MR) is 78.4 cm³/mol. The first-order valence-electron chi connectivity index (χ1n) is 6.04. The number of nitrogen functional groups attached to an aromatic ring is 1. The van der Waals surface area contributed by atoms with Crippen molar-refractivity contribution < 1.29 is 0 Å². The van der Waals surface area contributed by atoms with E-state index in [-0.39, 0.29) is 0 Å². The van der Waals surface area contributed by atoms with Gasteiger partial charge < -0.3 is 11.1 Å². The molecule has 0 aliphatic rings. The molecule has 0 amide bonds. The van der Waals surface area contributed by atoms with Gasteiger partial charge in [0.1, 0.15) is 12.1 Å². The molecular weight excluding hydrogens is 250 g/mol. The van der Waals surface area contributed by atoms with Crippen molar-refractivity contribution in [2.75, 3.05) is 11.1 Å². The highest BCUT2D eigenvalue weighted by molar-refractivity contribution is 5.92. The monoisotopic (exact) mass is 261 g/mol. The summed E-state index contributed by atoms with van der Waals surface area (Å²) in [7, 11) is 0. The third-order valence-corrected chi connectivity index (χ3v) is 2.94. The molecule has 20 heavy (non-hydrogen) atoms. The number of rotatable bonds is 2. The van der Waals surface area contributed by atoms with Crippen molar-refractivity contribution in [3.8, 4) is 6.07 Å². The van der Waals surface area contributed by atoms with Crippen LogP contribution in [-0.4, -0.2) is 9.97 Å². The summed E-state index contributed by atoms with van der Waals surface area (Å²) in [5, 5.41) is 12.9. The quantitative estimate of drug-likeness (QED) is 0.692. The van der Waals surface area contributed by atoms with Crippen LogP contribution in [0.5, 0.6) is 0 Å². The maximum Gasteiger partial charge on any atom is 0.141 e. The Bertz CT molecular complexity index is 803. The van der Waals surface area contributed by atoms with Crippen molar-refractivity contribution >= 4 is 28.1 Å². The first-order chi connectivity index (χ1) is 9.76. The van der Waals surface area contributed by atoms with Crippen LogP contribution in [0, 0.1) is 11.3 Å². The molecule has 5 nitrogen and oxygen atoms in total. The van der Waals surface area contributed by atoms with Gasteiger partial charge in [0.2, 0.25) is 0 Å². The third-order valence-electron chi connectivity index (χ3n) is 2.94. The fraction of sp³-hybridized carbons (Fsp3) is 0. The van der Waals surface area contributed by atoms with E-state index in [1.54, 1.807) is 18.2 Å². The summed E-state index contributed by atoms with van der Waals surface area (Å²) >= 11 is 0. The van der Waals surface area contributed by atoms with Crippen LogP contribution in [0.4, 0.5) is 17.2 Å². The number of fused-ring (bicyclic) bond motifs is 1. The van der Waals surface area contributed by atoms with Crippen molar-refractivity contribution in [1.29, 1.82) is 5.26 Å². The molecule has 5 heteroatoms. The highest BCUT2D eigenvalue weighted by Gasteiger charge is 2.04. The van der Waals surface area contributed by atoms with E-state index in [0.29, 0.717) is 17.1 Å². The fourth-order valence-corrected chi connectivity index (χ4v) is 1.94. The van der Waals surface area contributed by atoms with Crippen molar-refractivity contribution in [3.05, 3.63) is 54.4 Å². The summed E-state index contributed by atoms with van der Waals surface area (Å²) in [6.45, 7) is 0. The van der Waals surface area contributed by atoms with Crippen LogP contribution in [-0.2, 0) is 0 Å². The topological polar surface area (TPSA) is 87.6 Å². The average Bonchev–Trinajstić information content (AvgIpc) is 2.49. The van der Waals surface area contributed by atoms with Crippen molar-refractivity contribution in [2.24, 2.45) is 0 Å². The van der Waals surface area contributed by atoms with E-state index in [1.807, 2.05) is 24.3 Å². The molecule has 0 radical (unpaired) electrons. The van der Waals surface area contributed by atoms with Gasteiger partial charge >= 0.3 is 0 Å².